The highest BCUT2D eigenvalue weighted by molar-refractivity contribution is 7.10. The third-order valence-corrected chi connectivity index (χ3v) is 8.90. The molecule has 1 saturated heterocycles. The average molecular weight is 498 g/mol. The molecule has 1 aliphatic heterocycles. The number of carbonyl (C=O) groups excluding carboxylic acids is 1. The van der Waals surface area contributed by atoms with Crippen LogP contribution in [0.4, 0.5) is 0 Å². The van der Waals surface area contributed by atoms with Crippen LogP contribution in [-0.4, -0.2) is 42.1 Å². The summed E-state index contributed by atoms with van der Waals surface area (Å²) in [5.74, 6) is 0.0530. The Morgan fingerprint density at radius 2 is 1.92 bits per heavy atom. The van der Waals surface area contributed by atoms with E-state index in [1.165, 1.54) is 22.1 Å². The Hall–Kier alpha value is -3.06. The second-order valence-corrected chi connectivity index (χ2v) is 11.0. The molecule has 2 atom stereocenters. The number of pyridine rings is 1. The summed E-state index contributed by atoms with van der Waals surface area (Å²) in [6, 6.07) is 23.1. The zero-order valence-electron chi connectivity index (χ0n) is 20.5. The van der Waals surface area contributed by atoms with Crippen molar-refractivity contribution in [3.05, 3.63) is 99.9 Å². The van der Waals surface area contributed by atoms with Crippen LogP contribution in [0.3, 0.4) is 0 Å². The first-order valence-corrected chi connectivity index (χ1v) is 13.5. The van der Waals surface area contributed by atoms with Crippen molar-refractivity contribution in [2.45, 2.75) is 43.4 Å². The van der Waals surface area contributed by atoms with Crippen molar-refractivity contribution in [1.29, 1.82) is 0 Å². The fraction of sp³-hybridized carbons (Fsp3) is 0.333. The summed E-state index contributed by atoms with van der Waals surface area (Å²) in [7, 11) is 1.80. The van der Waals surface area contributed by atoms with Gasteiger partial charge >= 0.3 is 0 Å². The zero-order valence-corrected chi connectivity index (χ0v) is 21.3. The number of amides is 1. The van der Waals surface area contributed by atoms with E-state index in [0.717, 1.165) is 42.9 Å². The van der Waals surface area contributed by atoms with Gasteiger partial charge in [0.05, 0.1) is 24.1 Å². The van der Waals surface area contributed by atoms with Gasteiger partial charge in [0.25, 0.3) is 0 Å². The Kier molecular flexibility index (Phi) is 6.34. The fourth-order valence-corrected chi connectivity index (χ4v) is 7.07. The molecule has 36 heavy (non-hydrogen) atoms. The first-order chi connectivity index (χ1) is 17.7. The lowest BCUT2D eigenvalue weighted by Gasteiger charge is -2.44. The minimum Gasteiger partial charge on any atom is -0.378 e. The molecule has 1 fully saturated rings. The quantitative estimate of drug-likeness (QED) is 0.395. The average Bonchev–Trinajstić information content (AvgIpc) is 3.50. The van der Waals surface area contributed by atoms with Gasteiger partial charge in [-0.25, -0.2) is 0 Å². The van der Waals surface area contributed by atoms with Crippen molar-refractivity contribution >= 4 is 28.1 Å². The Balaban J connectivity index is 1.22. The summed E-state index contributed by atoms with van der Waals surface area (Å²) in [6.07, 6.45) is 4.20. The van der Waals surface area contributed by atoms with Crippen molar-refractivity contribution in [3.63, 3.8) is 0 Å². The molecule has 0 unspecified atom stereocenters. The maximum Gasteiger partial charge on any atom is 0.225 e. The topological polar surface area (TPSA) is 54.5 Å². The first kappa shape index (κ1) is 23.3. The number of benzene rings is 2. The molecule has 2 aromatic carbocycles. The van der Waals surface area contributed by atoms with Crippen LogP contribution in [0.2, 0.25) is 0 Å². The maximum absolute atomic E-state index is 13.0. The molecule has 0 saturated carbocycles. The fourth-order valence-electron chi connectivity index (χ4n) is 6.37. The third kappa shape index (κ3) is 4.13. The minimum absolute atomic E-state index is 0.0530. The predicted molar refractivity (Wildman–Crippen MR) is 144 cm³/mol. The number of hydrogen-bond donors (Lipinski definition) is 1. The van der Waals surface area contributed by atoms with E-state index in [0.29, 0.717) is 6.42 Å². The van der Waals surface area contributed by atoms with Gasteiger partial charge in [-0.15, -0.1) is 11.3 Å². The number of nitrogens with zero attached hydrogens (tertiary/aromatic N) is 2. The number of hydrogen-bond acceptors (Lipinski definition) is 5. The molecule has 6 heteroatoms. The number of piperidine rings is 1. The SMILES string of the molecule is CO[C@@H]1[C@@H](NC(=O)Cc2cccs2)c2ccccc2C12CCN(Cc1cccc3cccnc13)CC2. The van der Waals surface area contributed by atoms with Crippen LogP contribution in [0.15, 0.2) is 78.3 Å². The number of fused-ring (bicyclic) bond motifs is 3. The number of ether oxygens (including phenoxy) is 1. The van der Waals surface area contributed by atoms with E-state index in [2.05, 4.69) is 63.7 Å². The van der Waals surface area contributed by atoms with Gasteiger partial charge in [-0.1, -0.05) is 54.6 Å². The number of para-hydroxylation sites is 1. The molecular weight excluding hydrogens is 466 g/mol. The zero-order chi connectivity index (χ0) is 24.5. The molecule has 1 N–H and O–H groups in total. The lowest BCUT2D eigenvalue weighted by atomic mass is 9.71. The summed E-state index contributed by atoms with van der Waals surface area (Å²) < 4.78 is 6.21. The number of methoxy groups -OCH3 is 1. The van der Waals surface area contributed by atoms with E-state index in [9.17, 15) is 4.79 Å². The van der Waals surface area contributed by atoms with E-state index >= 15 is 0 Å². The van der Waals surface area contributed by atoms with E-state index in [1.54, 1.807) is 18.4 Å². The minimum atomic E-state index is -0.132. The summed E-state index contributed by atoms with van der Waals surface area (Å²) >= 11 is 1.62. The molecule has 3 heterocycles. The predicted octanol–water partition coefficient (Wildman–Crippen LogP) is 5.26. The standard InChI is InChI=1S/C30H31N3O2S/c1-35-29-28(32-26(34)19-23-10-6-18-36-23)24-11-2-3-12-25(24)30(29)13-16-33(17-14-30)20-22-8-4-7-21-9-5-15-31-27(21)22/h2-12,15,18,28-29H,13-14,16-17,19-20H2,1H3,(H,32,34)/t28-,29+/m0/s1. The molecule has 1 amide bonds. The molecule has 184 valence electrons. The van der Waals surface area contributed by atoms with Gasteiger partial charge in [-0.05, 0) is 60.1 Å². The molecule has 2 aromatic heterocycles. The van der Waals surface area contributed by atoms with Crippen LogP contribution in [0.25, 0.3) is 10.9 Å². The van der Waals surface area contributed by atoms with Gasteiger partial charge in [0.1, 0.15) is 0 Å². The first-order valence-electron chi connectivity index (χ1n) is 12.7. The Labute approximate surface area is 216 Å². The monoisotopic (exact) mass is 497 g/mol. The molecule has 6 rings (SSSR count). The van der Waals surface area contributed by atoms with E-state index < -0.39 is 0 Å². The van der Waals surface area contributed by atoms with Crippen LogP contribution in [0.1, 0.15) is 40.5 Å². The van der Waals surface area contributed by atoms with Crippen molar-refractivity contribution in [2.75, 3.05) is 20.2 Å². The molecule has 1 spiro atoms. The summed E-state index contributed by atoms with van der Waals surface area (Å²) in [4.78, 5) is 21.3. The second-order valence-electron chi connectivity index (χ2n) is 9.97. The van der Waals surface area contributed by atoms with Crippen LogP contribution < -0.4 is 5.32 Å². The van der Waals surface area contributed by atoms with Gasteiger partial charge in [0.2, 0.25) is 5.91 Å². The molecule has 0 bridgehead atoms. The molecule has 4 aromatic rings. The number of aromatic nitrogens is 1. The highest BCUT2D eigenvalue weighted by Crippen LogP contribution is 2.52. The largest absolute Gasteiger partial charge is 0.378 e. The Bertz CT molecular complexity index is 1360. The molecule has 1 aliphatic carbocycles. The smallest absolute Gasteiger partial charge is 0.225 e. The van der Waals surface area contributed by atoms with Crippen molar-refractivity contribution in [1.82, 2.24) is 15.2 Å². The number of likely N-dealkylation sites (tertiary alicyclic amines) is 1. The lowest BCUT2D eigenvalue weighted by molar-refractivity contribution is -0.122. The Morgan fingerprint density at radius 3 is 2.72 bits per heavy atom. The lowest BCUT2D eigenvalue weighted by Crippen LogP contribution is -2.50. The number of nitrogens with one attached hydrogen (secondary N) is 1. The van der Waals surface area contributed by atoms with Crippen LogP contribution in [0.5, 0.6) is 0 Å². The number of carbonyl (C=O) groups is 1. The van der Waals surface area contributed by atoms with Crippen molar-refractivity contribution < 1.29 is 9.53 Å². The molecule has 2 aliphatic rings. The maximum atomic E-state index is 13.0. The van der Waals surface area contributed by atoms with Gasteiger partial charge < -0.3 is 10.1 Å². The van der Waals surface area contributed by atoms with Crippen molar-refractivity contribution in [3.8, 4) is 0 Å². The highest BCUT2D eigenvalue weighted by Gasteiger charge is 2.53. The summed E-state index contributed by atoms with van der Waals surface area (Å²) in [5, 5.41) is 6.54. The molecular formula is C30H31N3O2S. The number of thiophene rings is 1. The normalized spacial score (nSPS) is 21.0. The van der Waals surface area contributed by atoms with Crippen LogP contribution >= 0.6 is 11.3 Å². The summed E-state index contributed by atoms with van der Waals surface area (Å²) in [5.41, 5.74) is 4.81. The Morgan fingerprint density at radius 1 is 1.08 bits per heavy atom. The van der Waals surface area contributed by atoms with E-state index in [4.69, 9.17) is 4.74 Å². The molecule has 5 nitrogen and oxygen atoms in total. The van der Waals surface area contributed by atoms with E-state index in [1.807, 2.05) is 29.8 Å². The van der Waals surface area contributed by atoms with Crippen LogP contribution in [-0.2, 0) is 27.9 Å². The summed E-state index contributed by atoms with van der Waals surface area (Å²) in [6.45, 7) is 2.85. The van der Waals surface area contributed by atoms with Gasteiger partial charge in [-0.2, -0.15) is 0 Å². The third-order valence-electron chi connectivity index (χ3n) is 8.02. The van der Waals surface area contributed by atoms with E-state index in [-0.39, 0.29) is 23.5 Å². The van der Waals surface area contributed by atoms with Gasteiger partial charge in [0.15, 0.2) is 0 Å². The van der Waals surface area contributed by atoms with Gasteiger partial charge in [-0.3, -0.25) is 14.7 Å². The van der Waals surface area contributed by atoms with Crippen molar-refractivity contribution in [2.24, 2.45) is 0 Å². The van der Waals surface area contributed by atoms with Gasteiger partial charge in [0, 0.05) is 35.5 Å². The number of rotatable bonds is 6. The van der Waals surface area contributed by atoms with Crippen LogP contribution in [0, 0.1) is 0 Å². The molecule has 0 radical (unpaired) electrons. The highest BCUT2D eigenvalue weighted by atomic mass is 32.1. The second kappa shape index (κ2) is 9.77.